The second kappa shape index (κ2) is 7.26. The zero-order valence-corrected chi connectivity index (χ0v) is 16.4. The molecule has 2 aliphatic rings. The lowest BCUT2D eigenvalue weighted by molar-refractivity contribution is -0.139. The molecule has 0 unspecified atom stereocenters. The molecule has 1 aliphatic carbocycles. The molecule has 1 saturated carbocycles. The molecular formula is C17H28N2O4Si. The van der Waals surface area contributed by atoms with Gasteiger partial charge in [-0.2, -0.15) is 5.26 Å². The van der Waals surface area contributed by atoms with Crippen LogP contribution in [0.4, 0.5) is 0 Å². The first-order valence-corrected chi connectivity index (χ1v) is 11.7. The Bertz CT molecular complexity index is 552. The van der Waals surface area contributed by atoms with Gasteiger partial charge in [0.1, 0.15) is 0 Å². The lowest BCUT2D eigenvalue weighted by Crippen LogP contribution is -2.55. The minimum Gasteiger partial charge on any atom is -0.466 e. The molecule has 5 atom stereocenters. The summed E-state index contributed by atoms with van der Waals surface area (Å²) in [5, 5.41) is 9.82. The number of rotatable bonds is 4. The smallest absolute Gasteiger partial charge is 0.335 e. The maximum Gasteiger partial charge on any atom is 0.335 e. The fourth-order valence-electron chi connectivity index (χ4n) is 4.02. The van der Waals surface area contributed by atoms with Gasteiger partial charge in [-0.25, -0.2) is 4.79 Å². The number of methoxy groups -OCH3 is 2. The van der Waals surface area contributed by atoms with Crippen molar-refractivity contribution in [3.05, 3.63) is 11.8 Å². The van der Waals surface area contributed by atoms with Crippen molar-refractivity contribution >= 4 is 14.3 Å². The highest BCUT2D eigenvalue weighted by atomic mass is 28.4. The van der Waals surface area contributed by atoms with Crippen LogP contribution in [0.25, 0.3) is 0 Å². The van der Waals surface area contributed by atoms with E-state index < -0.39 is 14.2 Å². The molecular weight excluding hydrogens is 324 g/mol. The van der Waals surface area contributed by atoms with Crippen molar-refractivity contribution in [2.45, 2.75) is 38.3 Å². The molecule has 6 nitrogen and oxygen atoms in total. The van der Waals surface area contributed by atoms with Crippen molar-refractivity contribution < 1.29 is 18.7 Å². The monoisotopic (exact) mass is 352 g/mol. The van der Waals surface area contributed by atoms with Gasteiger partial charge in [-0.05, 0) is 32.0 Å². The summed E-state index contributed by atoms with van der Waals surface area (Å²) in [7, 11) is 3.16. The average molecular weight is 353 g/mol. The molecule has 0 aromatic carbocycles. The Balaban J connectivity index is 2.39. The number of fused-ring (bicyclic) bond motifs is 1. The number of nitriles is 1. The zero-order valence-electron chi connectivity index (χ0n) is 15.4. The molecule has 0 aromatic heterocycles. The van der Waals surface area contributed by atoms with Crippen LogP contribution in [-0.4, -0.2) is 59.2 Å². The summed E-state index contributed by atoms with van der Waals surface area (Å²) in [6.07, 6.45) is 2.14. The molecule has 2 rings (SSSR count). The van der Waals surface area contributed by atoms with Gasteiger partial charge in [-0.15, -0.1) is 0 Å². The molecule has 0 aromatic rings. The van der Waals surface area contributed by atoms with Crippen LogP contribution in [0.1, 0.15) is 6.42 Å². The van der Waals surface area contributed by atoms with Gasteiger partial charge in [0.2, 0.25) is 0 Å². The van der Waals surface area contributed by atoms with Crippen LogP contribution in [0.2, 0.25) is 19.6 Å². The van der Waals surface area contributed by atoms with E-state index in [-0.39, 0.29) is 30.0 Å². The summed E-state index contributed by atoms with van der Waals surface area (Å²) in [6.45, 7) is 7.21. The predicted molar refractivity (Wildman–Crippen MR) is 92.4 cm³/mol. The van der Waals surface area contributed by atoms with Crippen molar-refractivity contribution in [1.82, 2.24) is 4.90 Å². The Morgan fingerprint density at radius 1 is 1.38 bits per heavy atom. The first-order valence-electron chi connectivity index (χ1n) is 8.32. The SMILES string of the molecule is COC(=O)C1=CN(C)C[C@H]2C[C@@H](O[Si](C)(C)C)[C@H](OC)[C@@H](C#N)[C@@H]12. The van der Waals surface area contributed by atoms with E-state index in [9.17, 15) is 10.1 Å². The van der Waals surface area contributed by atoms with E-state index in [0.717, 1.165) is 13.0 Å². The topological polar surface area (TPSA) is 71.8 Å². The van der Waals surface area contributed by atoms with Crippen LogP contribution < -0.4 is 0 Å². The summed E-state index contributed by atoms with van der Waals surface area (Å²) < 4.78 is 16.9. The van der Waals surface area contributed by atoms with E-state index in [1.807, 2.05) is 18.1 Å². The van der Waals surface area contributed by atoms with Crippen LogP contribution in [0.5, 0.6) is 0 Å². The van der Waals surface area contributed by atoms with E-state index in [1.54, 1.807) is 7.11 Å². The first kappa shape index (κ1) is 19.0. The van der Waals surface area contributed by atoms with Gasteiger partial charge in [-0.1, -0.05) is 0 Å². The maximum absolute atomic E-state index is 12.2. The molecule has 0 amide bonds. The Hall–Kier alpha value is -1.36. The van der Waals surface area contributed by atoms with Crippen LogP contribution in [0.15, 0.2) is 11.8 Å². The third-order valence-electron chi connectivity index (χ3n) is 4.74. The fourth-order valence-corrected chi connectivity index (χ4v) is 5.16. The molecule has 0 spiro atoms. The van der Waals surface area contributed by atoms with Gasteiger partial charge in [0, 0.05) is 32.8 Å². The normalized spacial score (nSPS) is 33.3. The lowest BCUT2D eigenvalue weighted by Gasteiger charge is -2.48. The third-order valence-corrected chi connectivity index (χ3v) is 5.75. The van der Waals surface area contributed by atoms with Gasteiger partial charge < -0.3 is 18.8 Å². The quantitative estimate of drug-likeness (QED) is 0.569. The molecule has 0 N–H and O–H groups in total. The standard InChI is InChI=1S/C17H28N2O4Si/c1-19-9-11-7-14(23-24(4,5)6)16(21-2)12(8-18)15(11)13(10-19)17(20)22-3/h10-12,14-16H,7,9H2,1-6H3/t11-,12+,14-,15+,16-/m1/s1. The van der Waals surface area contributed by atoms with Gasteiger partial charge in [-0.3, -0.25) is 0 Å². The van der Waals surface area contributed by atoms with Gasteiger partial charge >= 0.3 is 5.97 Å². The zero-order chi connectivity index (χ0) is 18.1. The molecule has 0 radical (unpaired) electrons. The Labute approximate surface area is 145 Å². The highest BCUT2D eigenvalue weighted by Crippen LogP contribution is 2.45. The highest BCUT2D eigenvalue weighted by Gasteiger charge is 2.51. The Morgan fingerprint density at radius 3 is 2.54 bits per heavy atom. The van der Waals surface area contributed by atoms with Crippen molar-refractivity contribution in [2.75, 3.05) is 27.8 Å². The molecule has 1 aliphatic heterocycles. The summed E-state index contributed by atoms with van der Waals surface area (Å²) >= 11 is 0. The molecule has 134 valence electrons. The molecule has 1 fully saturated rings. The highest BCUT2D eigenvalue weighted by molar-refractivity contribution is 6.69. The average Bonchev–Trinajstić information content (AvgIpc) is 2.50. The molecule has 1 heterocycles. The van der Waals surface area contributed by atoms with E-state index in [2.05, 4.69) is 25.7 Å². The molecule has 24 heavy (non-hydrogen) atoms. The Morgan fingerprint density at radius 2 is 2.04 bits per heavy atom. The van der Waals surface area contributed by atoms with Crippen LogP contribution in [0, 0.1) is 29.1 Å². The minimum absolute atomic E-state index is 0.113. The van der Waals surface area contributed by atoms with Gasteiger partial charge in [0.15, 0.2) is 8.32 Å². The van der Waals surface area contributed by atoms with Crippen LogP contribution in [0.3, 0.4) is 0 Å². The summed E-state index contributed by atoms with van der Waals surface area (Å²) in [6, 6.07) is 2.39. The second-order valence-electron chi connectivity index (χ2n) is 7.66. The predicted octanol–water partition coefficient (Wildman–Crippen LogP) is 2.00. The lowest BCUT2D eigenvalue weighted by atomic mass is 9.65. The summed E-state index contributed by atoms with van der Waals surface area (Å²) in [5.41, 5.74) is 0.566. The van der Waals surface area contributed by atoms with Gasteiger partial charge in [0.25, 0.3) is 0 Å². The van der Waals surface area contributed by atoms with Gasteiger partial charge in [0.05, 0.1) is 36.9 Å². The second-order valence-corrected chi connectivity index (χ2v) is 12.1. The molecule has 7 heteroatoms. The number of carbonyl (C=O) groups excluding carboxylic acids is 1. The third kappa shape index (κ3) is 3.82. The molecule has 0 saturated heterocycles. The largest absolute Gasteiger partial charge is 0.466 e. The maximum atomic E-state index is 12.2. The summed E-state index contributed by atoms with van der Waals surface area (Å²) in [5.74, 6) is -0.790. The number of hydrogen-bond donors (Lipinski definition) is 0. The van der Waals surface area contributed by atoms with Crippen LogP contribution >= 0.6 is 0 Å². The number of carbonyl (C=O) groups is 1. The van der Waals surface area contributed by atoms with E-state index >= 15 is 0 Å². The fraction of sp³-hybridized carbons (Fsp3) is 0.765. The van der Waals surface area contributed by atoms with E-state index in [0.29, 0.717) is 5.57 Å². The minimum atomic E-state index is -1.77. The number of ether oxygens (including phenoxy) is 2. The number of nitrogens with zero attached hydrogens (tertiary/aromatic N) is 2. The summed E-state index contributed by atoms with van der Waals surface area (Å²) in [4.78, 5) is 14.2. The number of hydrogen-bond acceptors (Lipinski definition) is 6. The van der Waals surface area contributed by atoms with Crippen molar-refractivity contribution in [3.63, 3.8) is 0 Å². The van der Waals surface area contributed by atoms with E-state index in [1.165, 1.54) is 7.11 Å². The van der Waals surface area contributed by atoms with Crippen molar-refractivity contribution in [1.29, 1.82) is 5.26 Å². The van der Waals surface area contributed by atoms with E-state index in [4.69, 9.17) is 13.9 Å². The Kier molecular flexibility index (Phi) is 5.73. The van der Waals surface area contributed by atoms with Crippen molar-refractivity contribution in [3.8, 4) is 6.07 Å². The first-order chi connectivity index (χ1) is 11.2. The number of esters is 1. The van der Waals surface area contributed by atoms with Crippen molar-refractivity contribution in [2.24, 2.45) is 17.8 Å². The molecule has 0 bridgehead atoms. The van der Waals surface area contributed by atoms with Crippen LogP contribution in [-0.2, 0) is 18.7 Å².